The van der Waals surface area contributed by atoms with Crippen LogP contribution in [0.4, 0.5) is 0 Å². The summed E-state index contributed by atoms with van der Waals surface area (Å²) in [5, 5.41) is 0. The lowest BCUT2D eigenvalue weighted by Crippen LogP contribution is -2.36. The molecule has 0 saturated carbocycles. The Hall–Kier alpha value is -2.60. The Morgan fingerprint density at radius 3 is 2.72 bits per heavy atom. The number of methoxy groups -OCH3 is 1. The summed E-state index contributed by atoms with van der Waals surface area (Å²) >= 11 is 0. The number of para-hydroxylation sites is 2. The van der Waals surface area contributed by atoms with Gasteiger partial charge in [-0.15, -0.1) is 0 Å². The summed E-state index contributed by atoms with van der Waals surface area (Å²) in [6.45, 7) is 2.83. The summed E-state index contributed by atoms with van der Waals surface area (Å²) in [5.41, 5.74) is 3.10. The fourth-order valence-corrected chi connectivity index (χ4v) is 3.66. The quantitative estimate of drug-likeness (QED) is 0.794. The van der Waals surface area contributed by atoms with Gasteiger partial charge in [0.1, 0.15) is 0 Å². The number of likely N-dealkylation sites (tertiary alicyclic amines) is 1. The normalized spacial score (nSPS) is 16.4. The lowest BCUT2D eigenvalue weighted by atomic mass is 10.0. The molecule has 130 valence electrons. The van der Waals surface area contributed by atoms with Gasteiger partial charge in [0, 0.05) is 37.9 Å². The summed E-state index contributed by atoms with van der Waals surface area (Å²) in [6.07, 6.45) is 3.83. The SMILES string of the molecule is COc1ccc(CN2CCC(n3c(=O)[nH]c4ccccc43)CC2)cn1. The van der Waals surface area contributed by atoms with E-state index < -0.39 is 0 Å². The average molecular weight is 338 g/mol. The van der Waals surface area contributed by atoms with Gasteiger partial charge >= 0.3 is 5.69 Å². The molecule has 4 rings (SSSR count). The van der Waals surface area contributed by atoms with E-state index in [0.717, 1.165) is 43.5 Å². The van der Waals surface area contributed by atoms with Crippen LogP contribution in [0.25, 0.3) is 11.0 Å². The highest BCUT2D eigenvalue weighted by molar-refractivity contribution is 5.75. The fourth-order valence-electron chi connectivity index (χ4n) is 3.66. The Bertz CT molecular complexity index is 905. The first-order valence-corrected chi connectivity index (χ1v) is 8.65. The molecule has 0 spiro atoms. The smallest absolute Gasteiger partial charge is 0.326 e. The molecular formula is C19H22N4O2. The van der Waals surface area contributed by atoms with E-state index in [1.165, 1.54) is 5.56 Å². The number of nitrogens with zero attached hydrogens (tertiary/aromatic N) is 3. The minimum Gasteiger partial charge on any atom is -0.481 e. The molecule has 25 heavy (non-hydrogen) atoms. The van der Waals surface area contributed by atoms with E-state index in [1.807, 2.05) is 41.1 Å². The summed E-state index contributed by atoms with van der Waals surface area (Å²) in [5.74, 6) is 0.640. The highest BCUT2D eigenvalue weighted by Crippen LogP contribution is 2.25. The van der Waals surface area contributed by atoms with E-state index in [1.54, 1.807) is 7.11 Å². The first-order chi connectivity index (χ1) is 12.2. The molecule has 2 aromatic heterocycles. The number of imidazole rings is 1. The number of piperidine rings is 1. The molecule has 1 saturated heterocycles. The number of H-pyrrole nitrogens is 1. The zero-order valence-corrected chi connectivity index (χ0v) is 14.3. The van der Waals surface area contributed by atoms with Crippen LogP contribution in [0, 0.1) is 0 Å². The van der Waals surface area contributed by atoms with Crippen LogP contribution in [0.1, 0.15) is 24.4 Å². The number of rotatable bonds is 4. The minimum absolute atomic E-state index is 0.000922. The third-order valence-corrected chi connectivity index (χ3v) is 4.96. The molecule has 0 radical (unpaired) electrons. The number of pyridine rings is 1. The number of aromatic amines is 1. The molecule has 0 atom stereocenters. The van der Waals surface area contributed by atoms with Crippen molar-refractivity contribution in [2.75, 3.05) is 20.2 Å². The van der Waals surface area contributed by atoms with Crippen molar-refractivity contribution in [2.24, 2.45) is 0 Å². The summed E-state index contributed by atoms with van der Waals surface area (Å²) in [6, 6.07) is 12.1. The Labute approximate surface area is 146 Å². The number of ether oxygens (including phenoxy) is 1. The van der Waals surface area contributed by atoms with Crippen LogP contribution in [0.2, 0.25) is 0 Å². The van der Waals surface area contributed by atoms with E-state index >= 15 is 0 Å². The van der Waals surface area contributed by atoms with Gasteiger partial charge in [0.15, 0.2) is 0 Å². The topological polar surface area (TPSA) is 63.1 Å². The molecule has 3 heterocycles. The van der Waals surface area contributed by atoms with E-state index in [-0.39, 0.29) is 11.7 Å². The maximum Gasteiger partial charge on any atom is 0.326 e. The van der Waals surface area contributed by atoms with Crippen LogP contribution in [0.5, 0.6) is 5.88 Å². The Morgan fingerprint density at radius 2 is 2.00 bits per heavy atom. The second-order valence-electron chi connectivity index (χ2n) is 6.53. The molecule has 1 aliphatic rings. The number of hydrogen-bond acceptors (Lipinski definition) is 4. The molecule has 6 heteroatoms. The van der Waals surface area contributed by atoms with Crippen molar-refractivity contribution in [3.05, 3.63) is 58.6 Å². The van der Waals surface area contributed by atoms with Crippen molar-refractivity contribution >= 4 is 11.0 Å². The highest BCUT2D eigenvalue weighted by Gasteiger charge is 2.23. The molecule has 0 amide bonds. The van der Waals surface area contributed by atoms with Crippen LogP contribution in [0.3, 0.4) is 0 Å². The monoisotopic (exact) mass is 338 g/mol. The van der Waals surface area contributed by atoms with Crippen molar-refractivity contribution in [1.82, 2.24) is 19.4 Å². The summed E-state index contributed by atoms with van der Waals surface area (Å²) in [7, 11) is 1.62. The largest absolute Gasteiger partial charge is 0.481 e. The van der Waals surface area contributed by atoms with Gasteiger partial charge in [-0.2, -0.15) is 0 Å². The number of aromatic nitrogens is 3. The molecular weight excluding hydrogens is 316 g/mol. The van der Waals surface area contributed by atoms with Gasteiger partial charge in [0.25, 0.3) is 0 Å². The fraction of sp³-hybridized carbons (Fsp3) is 0.368. The standard InChI is InChI=1S/C19H22N4O2/c1-25-18-7-6-14(12-20-18)13-22-10-8-15(9-11-22)23-17-5-3-2-4-16(17)21-19(23)24/h2-7,12,15H,8-11,13H2,1H3,(H,21,24). The van der Waals surface area contributed by atoms with Crippen LogP contribution in [-0.4, -0.2) is 39.6 Å². The van der Waals surface area contributed by atoms with E-state index in [2.05, 4.69) is 20.9 Å². The van der Waals surface area contributed by atoms with Gasteiger partial charge < -0.3 is 9.72 Å². The average Bonchev–Trinajstić information content (AvgIpc) is 2.99. The molecule has 1 fully saturated rings. The van der Waals surface area contributed by atoms with Crippen molar-refractivity contribution in [2.45, 2.75) is 25.4 Å². The maximum absolute atomic E-state index is 12.3. The molecule has 0 bridgehead atoms. The number of hydrogen-bond donors (Lipinski definition) is 1. The molecule has 3 aromatic rings. The van der Waals surface area contributed by atoms with Crippen LogP contribution >= 0.6 is 0 Å². The lowest BCUT2D eigenvalue weighted by molar-refractivity contribution is 0.179. The van der Waals surface area contributed by atoms with Gasteiger partial charge in [-0.25, -0.2) is 9.78 Å². The van der Waals surface area contributed by atoms with Gasteiger partial charge in [-0.05, 0) is 30.5 Å². The predicted molar refractivity (Wildman–Crippen MR) is 96.9 cm³/mol. The molecule has 6 nitrogen and oxygen atoms in total. The second kappa shape index (κ2) is 6.72. The molecule has 0 aliphatic carbocycles. The van der Waals surface area contributed by atoms with Gasteiger partial charge in [0.05, 0.1) is 18.1 Å². The molecule has 0 unspecified atom stereocenters. The first-order valence-electron chi connectivity index (χ1n) is 8.65. The Balaban J connectivity index is 1.44. The van der Waals surface area contributed by atoms with E-state index in [4.69, 9.17) is 4.74 Å². The van der Waals surface area contributed by atoms with Crippen molar-refractivity contribution in [1.29, 1.82) is 0 Å². The van der Waals surface area contributed by atoms with Crippen molar-refractivity contribution < 1.29 is 4.74 Å². The van der Waals surface area contributed by atoms with E-state index in [9.17, 15) is 4.79 Å². The zero-order valence-electron chi connectivity index (χ0n) is 14.3. The molecule has 1 N–H and O–H groups in total. The van der Waals surface area contributed by atoms with Crippen molar-refractivity contribution in [3.8, 4) is 5.88 Å². The lowest BCUT2D eigenvalue weighted by Gasteiger charge is -2.32. The minimum atomic E-state index is -0.000922. The van der Waals surface area contributed by atoms with Gasteiger partial charge in [-0.1, -0.05) is 18.2 Å². The number of nitrogens with one attached hydrogen (secondary N) is 1. The summed E-state index contributed by atoms with van der Waals surface area (Å²) < 4.78 is 7.03. The number of fused-ring (bicyclic) bond motifs is 1. The molecule has 1 aliphatic heterocycles. The van der Waals surface area contributed by atoms with Gasteiger partial charge in [-0.3, -0.25) is 9.47 Å². The third kappa shape index (κ3) is 3.17. The van der Waals surface area contributed by atoms with Crippen LogP contribution in [0.15, 0.2) is 47.4 Å². The Morgan fingerprint density at radius 1 is 1.20 bits per heavy atom. The van der Waals surface area contributed by atoms with Gasteiger partial charge in [0.2, 0.25) is 5.88 Å². The predicted octanol–water partition coefficient (Wildman–Crippen LogP) is 2.57. The molecule has 1 aromatic carbocycles. The maximum atomic E-state index is 12.3. The van der Waals surface area contributed by atoms with E-state index in [0.29, 0.717) is 5.88 Å². The first kappa shape index (κ1) is 15.9. The summed E-state index contributed by atoms with van der Waals surface area (Å²) in [4.78, 5) is 22.0. The third-order valence-electron chi connectivity index (χ3n) is 4.96. The van der Waals surface area contributed by atoms with Crippen LogP contribution in [-0.2, 0) is 6.54 Å². The van der Waals surface area contributed by atoms with Crippen molar-refractivity contribution in [3.63, 3.8) is 0 Å². The highest BCUT2D eigenvalue weighted by atomic mass is 16.5. The number of benzene rings is 1. The zero-order chi connectivity index (χ0) is 17.2. The van der Waals surface area contributed by atoms with Crippen LogP contribution < -0.4 is 10.4 Å². The Kier molecular flexibility index (Phi) is 4.28. The second-order valence-corrected chi connectivity index (χ2v) is 6.53.